The Hall–Kier alpha value is -1.84. The minimum atomic E-state index is -0.857. The second-order valence-corrected chi connectivity index (χ2v) is 6.50. The predicted octanol–water partition coefficient (Wildman–Crippen LogP) is 2.63. The Morgan fingerprint density at radius 2 is 2.05 bits per heavy atom. The number of hydrogen-bond donors (Lipinski definition) is 2. The Balaban J connectivity index is 1.71. The fourth-order valence-electron chi connectivity index (χ4n) is 3.17. The molecule has 0 aromatic heterocycles. The van der Waals surface area contributed by atoms with Crippen molar-refractivity contribution in [1.29, 1.82) is 0 Å². The fourth-order valence-corrected chi connectivity index (χ4v) is 3.17. The van der Waals surface area contributed by atoms with Crippen LogP contribution in [0.4, 0.5) is 0 Å². The van der Waals surface area contributed by atoms with E-state index in [4.69, 9.17) is 5.11 Å². The summed E-state index contributed by atoms with van der Waals surface area (Å²) in [7, 11) is 0. The molecular formula is C17H21NO3. The van der Waals surface area contributed by atoms with Crippen LogP contribution in [-0.4, -0.2) is 17.0 Å². The van der Waals surface area contributed by atoms with Crippen LogP contribution in [0.5, 0.6) is 0 Å². The van der Waals surface area contributed by atoms with Gasteiger partial charge in [-0.25, -0.2) is 0 Å². The molecule has 3 unspecified atom stereocenters. The standard InChI is InChI=1S/C17H21NO3/c1-9(2)11-4-3-10-5-6-15(12(10)7-11)18-16(19)13-8-14(13)17(20)21/h3-4,7,9,13-15H,5-6,8H2,1-2H3,(H,18,19)(H,20,21). The van der Waals surface area contributed by atoms with Gasteiger partial charge < -0.3 is 10.4 Å². The van der Waals surface area contributed by atoms with Gasteiger partial charge in [-0.15, -0.1) is 0 Å². The van der Waals surface area contributed by atoms with E-state index in [2.05, 4.69) is 37.4 Å². The average Bonchev–Trinajstić information content (AvgIpc) is 3.16. The molecular weight excluding hydrogens is 266 g/mol. The maximum absolute atomic E-state index is 12.1. The second kappa shape index (κ2) is 5.17. The van der Waals surface area contributed by atoms with Crippen LogP contribution < -0.4 is 5.32 Å². The maximum atomic E-state index is 12.1. The molecule has 2 aliphatic rings. The quantitative estimate of drug-likeness (QED) is 0.894. The molecule has 2 aliphatic carbocycles. The first-order valence-corrected chi connectivity index (χ1v) is 7.63. The van der Waals surface area contributed by atoms with Gasteiger partial charge in [-0.05, 0) is 41.9 Å². The van der Waals surface area contributed by atoms with E-state index >= 15 is 0 Å². The van der Waals surface area contributed by atoms with E-state index in [0.717, 1.165) is 12.8 Å². The highest BCUT2D eigenvalue weighted by Crippen LogP contribution is 2.40. The van der Waals surface area contributed by atoms with Crippen molar-refractivity contribution in [2.75, 3.05) is 0 Å². The number of carbonyl (C=O) groups excluding carboxylic acids is 1. The van der Waals surface area contributed by atoms with Crippen molar-refractivity contribution in [3.05, 3.63) is 34.9 Å². The zero-order valence-corrected chi connectivity index (χ0v) is 12.4. The molecule has 1 amide bonds. The van der Waals surface area contributed by atoms with Gasteiger partial charge >= 0.3 is 5.97 Å². The lowest BCUT2D eigenvalue weighted by atomic mass is 9.97. The third kappa shape index (κ3) is 2.67. The van der Waals surface area contributed by atoms with Gasteiger partial charge in [-0.2, -0.15) is 0 Å². The molecule has 2 N–H and O–H groups in total. The molecule has 112 valence electrons. The van der Waals surface area contributed by atoms with E-state index in [9.17, 15) is 9.59 Å². The van der Waals surface area contributed by atoms with Gasteiger partial charge in [0.25, 0.3) is 0 Å². The highest BCUT2D eigenvalue weighted by molar-refractivity contribution is 5.89. The molecule has 0 spiro atoms. The number of aryl methyl sites for hydroxylation is 1. The number of amides is 1. The summed E-state index contributed by atoms with van der Waals surface area (Å²) >= 11 is 0. The van der Waals surface area contributed by atoms with E-state index in [1.807, 2.05) is 0 Å². The number of carboxylic acid groups (broad SMARTS) is 1. The van der Waals surface area contributed by atoms with Crippen LogP contribution in [0.1, 0.15) is 55.3 Å². The van der Waals surface area contributed by atoms with E-state index in [1.54, 1.807) is 0 Å². The van der Waals surface area contributed by atoms with Crippen molar-refractivity contribution >= 4 is 11.9 Å². The molecule has 1 fully saturated rings. The number of hydrogen-bond acceptors (Lipinski definition) is 2. The highest BCUT2D eigenvalue weighted by Gasteiger charge is 2.48. The Labute approximate surface area is 124 Å². The summed E-state index contributed by atoms with van der Waals surface area (Å²) in [6.07, 6.45) is 2.37. The first-order valence-electron chi connectivity index (χ1n) is 7.63. The molecule has 0 bridgehead atoms. The first kappa shape index (κ1) is 14.1. The minimum absolute atomic E-state index is 0.0428. The van der Waals surface area contributed by atoms with Crippen LogP contribution in [0.2, 0.25) is 0 Å². The number of nitrogens with one attached hydrogen (secondary N) is 1. The summed E-state index contributed by atoms with van der Waals surface area (Å²) in [4.78, 5) is 23.0. The number of fused-ring (bicyclic) bond motifs is 1. The smallest absolute Gasteiger partial charge is 0.307 e. The summed E-state index contributed by atoms with van der Waals surface area (Å²) in [5.41, 5.74) is 3.79. The summed E-state index contributed by atoms with van der Waals surface area (Å²) in [5, 5.41) is 12.0. The molecule has 4 nitrogen and oxygen atoms in total. The predicted molar refractivity (Wildman–Crippen MR) is 79.0 cm³/mol. The summed E-state index contributed by atoms with van der Waals surface area (Å²) in [6.45, 7) is 4.32. The molecule has 3 atom stereocenters. The SMILES string of the molecule is CC(C)c1ccc2c(c1)C(NC(=O)C1CC1C(=O)O)CC2. The topological polar surface area (TPSA) is 66.4 Å². The summed E-state index contributed by atoms with van der Waals surface area (Å²) < 4.78 is 0. The van der Waals surface area contributed by atoms with Crippen LogP contribution in [0.25, 0.3) is 0 Å². The van der Waals surface area contributed by atoms with Crippen LogP contribution in [0, 0.1) is 11.8 Å². The lowest BCUT2D eigenvalue weighted by molar-refractivity contribution is -0.140. The Kier molecular flexibility index (Phi) is 3.47. The molecule has 0 aliphatic heterocycles. The largest absolute Gasteiger partial charge is 0.481 e. The zero-order valence-electron chi connectivity index (χ0n) is 12.4. The van der Waals surface area contributed by atoms with Gasteiger partial charge in [0.1, 0.15) is 0 Å². The van der Waals surface area contributed by atoms with Gasteiger partial charge in [0.2, 0.25) is 5.91 Å². The van der Waals surface area contributed by atoms with Gasteiger partial charge in [0, 0.05) is 0 Å². The average molecular weight is 287 g/mol. The zero-order chi connectivity index (χ0) is 15.1. The maximum Gasteiger partial charge on any atom is 0.307 e. The normalized spacial score (nSPS) is 26.5. The van der Waals surface area contributed by atoms with Crippen LogP contribution in [0.15, 0.2) is 18.2 Å². The molecule has 1 saturated carbocycles. The van der Waals surface area contributed by atoms with E-state index in [-0.39, 0.29) is 17.9 Å². The minimum Gasteiger partial charge on any atom is -0.481 e. The third-order valence-electron chi connectivity index (χ3n) is 4.68. The molecule has 1 aromatic rings. The fraction of sp³-hybridized carbons (Fsp3) is 0.529. The van der Waals surface area contributed by atoms with Gasteiger partial charge in [0.15, 0.2) is 0 Å². The lowest BCUT2D eigenvalue weighted by Gasteiger charge is -2.16. The number of carboxylic acids is 1. The van der Waals surface area contributed by atoms with Crippen molar-refractivity contribution in [2.24, 2.45) is 11.8 Å². The number of benzene rings is 1. The van der Waals surface area contributed by atoms with Crippen molar-refractivity contribution in [3.63, 3.8) is 0 Å². The van der Waals surface area contributed by atoms with Crippen molar-refractivity contribution < 1.29 is 14.7 Å². The monoisotopic (exact) mass is 287 g/mol. The molecule has 0 heterocycles. The summed E-state index contributed by atoms with van der Waals surface area (Å²) in [5.74, 6) is -1.31. The van der Waals surface area contributed by atoms with E-state index in [1.165, 1.54) is 16.7 Å². The van der Waals surface area contributed by atoms with Crippen LogP contribution >= 0.6 is 0 Å². The Morgan fingerprint density at radius 3 is 2.67 bits per heavy atom. The lowest BCUT2D eigenvalue weighted by Crippen LogP contribution is -2.29. The molecule has 21 heavy (non-hydrogen) atoms. The molecule has 0 radical (unpaired) electrons. The molecule has 1 aromatic carbocycles. The van der Waals surface area contributed by atoms with Crippen molar-refractivity contribution in [2.45, 2.75) is 45.1 Å². The summed E-state index contributed by atoms with van der Waals surface area (Å²) in [6, 6.07) is 6.56. The Morgan fingerprint density at radius 1 is 1.29 bits per heavy atom. The first-order chi connectivity index (χ1) is 9.97. The molecule has 3 rings (SSSR count). The molecule has 4 heteroatoms. The Bertz CT molecular complexity index is 594. The number of rotatable bonds is 4. The second-order valence-electron chi connectivity index (χ2n) is 6.50. The van der Waals surface area contributed by atoms with Gasteiger partial charge in [-0.1, -0.05) is 32.0 Å². The van der Waals surface area contributed by atoms with Crippen LogP contribution in [0.3, 0.4) is 0 Å². The number of aliphatic carboxylic acids is 1. The third-order valence-corrected chi connectivity index (χ3v) is 4.68. The molecule has 0 saturated heterocycles. The van der Waals surface area contributed by atoms with Crippen LogP contribution in [-0.2, 0) is 16.0 Å². The van der Waals surface area contributed by atoms with Gasteiger partial charge in [-0.3, -0.25) is 9.59 Å². The van der Waals surface area contributed by atoms with E-state index < -0.39 is 11.9 Å². The highest BCUT2D eigenvalue weighted by atomic mass is 16.4. The van der Waals surface area contributed by atoms with Crippen molar-refractivity contribution in [1.82, 2.24) is 5.32 Å². The van der Waals surface area contributed by atoms with Gasteiger partial charge in [0.05, 0.1) is 17.9 Å². The number of carbonyl (C=O) groups is 2. The van der Waals surface area contributed by atoms with Crippen molar-refractivity contribution in [3.8, 4) is 0 Å². The van der Waals surface area contributed by atoms with E-state index in [0.29, 0.717) is 12.3 Å².